The third-order valence-electron chi connectivity index (χ3n) is 4.05. The van der Waals surface area contributed by atoms with Crippen LogP contribution < -0.4 is 10.9 Å². The summed E-state index contributed by atoms with van der Waals surface area (Å²) in [5.41, 5.74) is 1.59. The Morgan fingerprint density at radius 3 is 2.70 bits per heavy atom. The van der Waals surface area contributed by atoms with Gasteiger partial charge in [-0.1, -0.05) is 37.3 Å². The number of rotatable bonds is 3. The molecule has 0 saturated heterocycles. The van der Waals surface area contributed by atoms with Crippen LogP contribution in [-0.2, 0) is 13.0 Å². The van der Waals surface area contributed by atoms with E-state index in [1.165, 1.54) is 6.07 Å². The van der Waals surface area contributed by atoms with Crippen LogP contribution in [0.25, 0.3) is 0 Å². The average molecular weight is 310 g/mol. The molecule has 5 nitrogen and oxygen atoms in total. The number of aromatic nitrogens is 1. The number of hydrogen-bond donors (Lipinski definition) is 2. The van der Waals surface area contributed by atoms with E-state index in [-0.39, 0.29) is 17.3 Å². The predicted octanol–water partition coefficient (Wildman–Crippen LogP) is 2.07. The first-order chi connectivity index (χ1) is 11.0. The summed E-state index contributed by atoms with van der Waals surface area (Å²) in [6.07, 6.45) is 1.10. The van der Waals surface area contributed by atoms with E-state index >= 15 is 0 Å². The number of amides is 1. The van der Waals surface area contributed by atoms with Crippen molar-refractivity contribution in [3.63, 3.8) is 0 Å². The fourth-order valence-corrected chi connectivity index (χ4v) is 2.87. The highest BCUT2D eigenvalue weighted by Gasteiger charge is 2.25. The first kappa shape index (κ1) is 15.2. The zero-order chi connectivity index (χ0) is 16.4. The highest BCUT2D eigenvalue weighted by atomic mass is 16.2. The number of pyridine rings is 1. The monoisotopic (exact) mass is 310 g/mol. The van der Waals surface area contributed by atoms with Crippen LogP contribution in [0.1, 0.15) is 45.3 Å². The van der Waals surface area contributed by atoms with Gasteiger partial charge in [0, 0.05) is 24.2 Å². The van der Waals surface area contributed by atoms with E-state index in [0.29, 0.717) is 30.6 Å². The summed E-state index contributed by atoms with van der Waals surface area (Å²) in [7, 11) is 0. The van der Waals surface area contributed by atoms with E-state index in [1.54, 1.807) is 0 Å². The number of benzene rings is 1. The van der Waals surface area contributed by atoms with Crippen molar-refractivity contribution in [1.82, 2.24) is 10.3 Å². The van der Waals surface area contributed by atoms with Crippen molar-refractivity contribution in [3.05, 3.63) is 69.1 Å². The van der Waals surface area contributed by atoms with Gasteiger partial charge in [-0.3, -0.25) is 14.4 Å². The highest BCUT2D eigenvalue weighted by molar-refractivity contribution is 6.01. The van der Waals surface area contributed by atoms with Crippen LogP contribution in [0.5, 0.6) is 0 Å². The summed E-state index contributed by atoms with van der Waals surface area (Å²) < 4.78 is 0. The number of carbonyl (C=O) groups excluding carboxylic acids is 2. The molecule has 23 heavy (non-hydrogen) atoms. The molecule has 1 atom stereocenters. The van der Waals surface area contributed by atoms with Gasteiger partial charge in [0.05, 0.1) is 0 Å². The van der Waals surface area contributed by atoms with Crippen molar-refractivity contribution in [2.45, 2.75) is 26.3 Å². The van der Waals surface area contributed by atoms with Crippen LogP contribution in [0.4, 0.5) is 0 Å². The molecule has 1 aliphatic carbocycles. The molecule has 0 radical (unpaired) electrons. The van der Waals surface area contributed by atoms with Crippen molar-refractivity contribution < 1.29 is 9.59 Å². The van der Waals surface area contributed by atoms with Crippen LogP contribution >= 0.6 is 0 Å². The van der Waals surface area contributed by atoms with E-state index in [0.717, 1.165) is 5.56 Å². The van der Waals surface area contributed by atoms with Crippen molar-refractivity contribution in [1.29, 1.82) is 0 Å². The minimum atomic E-state index is -0.468. The Morgan fingerprint density at radius 2 is 1.96 bits per heavy atom. The average Bonchev–Trinajstić information content (AvgIpc) is 2.53. The Kier molecular flexibility index (Phi) is 4.10. The lowest BCUT2D eigenvalue weighted by molar-refractivity contribution is 0.0949. The summed E-state index contributed by atoms with van der Waals surface area (Å²) in [5, 5.41) is 2.72. The Hall–Kier alpha value is -2.69. The standard InChI is InChI=1S/C18H18N2O3/c1-11-7-15-13(16(21)8-11)9-14(18(23)20-15)17(22)19-10-12-5-3-2-4-6-12/h2-6,9,11H,7-8,10H2,1H3,(H,19,22)(H,20,23)/t11-/m1/s1. The molecule has 1 aliphatic rings. The number of ketones is 1. The lowest BCUT2D eigenvalue weighted by atomic mass is 9.86. The van der Waals surface area contributed by atoms with E-state index in [4.69, 9.17) is 0 Å². The van der Waals surface area contributed by atoms with Gasteiger partial charge in [0.15, 0.2) is 5.78 Å². The molecule has 3 rings (SSSR count). The van der Waals surface area contributed by atoms with E-state index < -0.39 is 11.5 Å². The van der Waals surface area contributed by atoms with Crippen LogP contribution in [0, 0.1) is 5.92 Å². The largest absolute Gasteiger partial charge is 0.348 e. The summed E-state index contributed by atoms with van der Waals surface area (Å²) in [5.74, 6) is -0.278. The minimum absolute atomic E-state index is 0.0115. The first-order valence-corrected chi connectivity index (χ1v) is 7.66. The van der Waals surface area contributed by atoms with Crippen molar-refractivity contribution in [3.8, 4) is 0 Å². The maximum atomic E-state index is 12.3. The normalized spacial score (nSPS) is 16.7. The molecule has 0 spiro atoms. The van der Waals surface area contributed by atoms with Gasteiger partial charge in [-0.2, -0.15) is 0 Å². The van der Waals surface area contributed by atoms with Gasteiger partial charge in [0.1, 0.15) is 5.56 Å². The van der Waals surface area contributed by atoms with Crippen molar-refractivity contribution >= 4 is 11.7 Å². The van der Waals surface area contributed by atoms with Crippen molar-refractivity contribution in [2.75, 3.05) is 0 Å². The molecule has 0 aliphatic heterocycles. The van der Waals surface area contributed by atoms with Gasteiger partial charge in [-0.25, -0.2) is 0 Å². The third-order valence-corrected chi connectivity index (χ3v) is 4.05. The second-order valence-electron chi connectivity index (χ2n) is 6.01. The quantitative estimate of drug-likeness (QED) is 0.911. The van der Waals surface area contributed by atoms with Gasteiger partial charge >= 0.3 is 0 Å². The molecule has 0 fully saturated rings. The molecule has 1 aromatic carbocycles. The zero-order valence-electron chi connectivity index (χ0n) is 12.9. The lowest BCUT2D eigenvalue weighted by Crippen LogP contribution is -2.32. The molecule has 5 heteroatoms. The Labute approximate surface area is 133 Å². The van der Waals surface area contributed by atoms with E-state index in [9.17, 15) is 14.4 Å². The first-order valence-electron chi connectivity index (χ1n) is 7.66. The van der Waals surface area contributed by atoms with Gasteiger partial charge in [-0.05, 0) is 24.0 Å². The SMILES string of the molecule is C[C@H]1CC(=O)c2cc(C(=O)NCc3ccccc3)c(=O)[nH]c2C1. The molecule has 1 heterocycles. The number of fused-ring (bicyclic) bond motifs is 1. The maximum Gasteiger partial charge on any atom is 0.261 e. The topological polar surface area (TPSA) is 79.0 Å². The van der Waals surface area contributed by atoms with Crippen LogP contribution in [0.15, 0.2) is 41.2 Å². The predicted molar refractivity (Wildman–Crippen MR) is 86.5 cm³/mol. The third kappa shape index (κ3) is 3.23. The number of Topliss-reactive ketones (excluding diaryl/α,β-unsaturated/α-hetero) is 1. The molecule has 118 valence electrons. The Morgan fingerprint density at radius 1 is 1.22 bits per heavy atom. The molecule has 0 bridgehead atoms. The second kappa shape index (κ2) is 6.20. The minimum Gasteiger partial charge on any atom is -0.348 e. The molecular formula is C18H18N2O3. The Bertz CT molecular complexity index is 809. The second-order valence-corrected chi connectivity index (χ2v) is 6.01. The number of nitrogens with one attached hydrogen (secondary N) is 2. The van der Waals surface area contributed by atoms with Gasteiger partial charge in [0.2, 0.25) is 0 Å². The highest BCUT2D eigenvalue weighted by Crippen LogP contribution is 2.23. The Balaban J connectivity index is 1.83. The maximum absolute atomic E-state index is 12.3. The van der Waals surface area contributed by atoms with Crippen LogP contribution in [0.3, 0.4) is 0 Å². The molecule has 1 amide bonds. The molecule has 2 aromatic rings. The number of H-pyrrole nitrogens is 1. The summed E-state index contributed by atoms with van der Waals surface area (Å²) >= 11 is 0. The lowest BCUT2D eigenvalue weighted by Gasteiger charge is -2.20. The molecule has 1 aromatic heterocycles. The fourth-order valence-electron chi connectivity index (χ4n) is 2.87. The van der Waals surface area contributed by atoms with Crippen LogP contribution in [0.2, 0.25) is 0 Å². The summed E-state index contributed by atoms with van der Waals surface area (Å²) in [6, 6.07) is 10.9. The molecule has 0 saturated carbocycles. The van der Waals surface area contributed by atoms with Gasteiger partial charge in [-0.15, -0.1) is 0 Å². The van der Waals surface area contributed by atoms with Crippen LogP contribution in [-0.4, -0.2) is 16.7 Å². The molecule has 2 N–H and O–H groups in total. The zero-order valence-corrected chi connectivity index (χ0v) is 12.9. The summed E-state index contributed by atoms with van der Waals surface area (Å²) in [4.78, 5) is 39.2. The van der Waals surface area contributed by atoms with E-state index in [2.05, 4.69) is 10.3 Å². The molecular weight excluding hydrogens is 292 g/mol. The number of hydrogen-bond acceptors (Lipinski definition) is 3. The fraction of sp³-hybridized carbons (Fsp3) is 0.278. The number of carbonyl (C=O) groups is 2. The van der Waals surface area contributed by atoms with Gasteiger partial charge in [0.25, 0.3) is 11.5 Å². The van der Waals surface area contributed by atoms with Gasteiger partial charge < -0.3 is 10.3 Å². The van der Waals surface area contributed by atoms with Crippen molar-refractivity contribution in [2.24, 2.45) is 5.92 Å². The summed E-state index contributed by atoms with van der Waals surface area (Å²) in [6.45, 7) is 2.31. The van der Waals surface area contributed by atoms with E-state index in [1.807, 2.05) is 37.3 Å². The molecule has 0 unspecified atom stereocenters. The smallest absolute Gasteiger partial charge is 0.261 e. The number of aromatic amines is 1.